The molecule has 1 amide bonds. The van der Waals surface area contributed by atoms with Crippen molar-refractivity contribution in [3.8, 4) is 17.6 Å². The first kappa shape index (κ1) is 26.1. The number of benzene rings is 4. The Labute approximate surface area is 235 Å². The van der Waals surface area contributed by atoms with Crippen molar-refractivity contribution in [1.82, 2.24) is 10.3 Å². The minimum atomic E-state index is -0.427. The molecule has 0 saturated heterocycles. The van der Waals surface area contributed by atoms with E-state index in [1.165, 1.54) is 0 Å². The van der Waals surface area contributed by atoms with Gasteiger partial charge in [0.2, 0.25) is 0 Å². The number of para-hydroxylation sites is 1. The van der Waals surface area contributed by atoms with Gasteiger partial charge in [-0.25, -0.2) is 0 Å². The van der Waals surface area contributed by atoms with Gasteiger partial charge in [-0.3, -0.25) is 4.79 Å². The second-order valence-electron chi connectivity index (χ2n) is 9.00. The fourth-order valence-electron chi connectivity index (χ4n) is 4.59. The molecule has 39 heavy (non-hydrogen) atoms. The summed E-state index contributed by atoms with van der Waals surface area (Å²) in [6.07, 6.45) is 4.14. The molecule has 0 atom stereocenters. The van der Waals surface area contributed by atoms with Crippen molar-refractivity contribution >= 4 is 49.6 Å². The molecule has 0 spiro atoms. The summed E-state index contributed by atoms with van der Waals surface area (Å²) >= 11 is 3.57. The lowest BCUT2D eigenvalue weighted by Gasteiger charge is -2.15. The number of nitrogens with zero attached hydrogens (tertiary/aromatic N) is 1. The first-order chi connectivity index (χ1) is 19.1. The maximum Gasteiger partial charge on any atom is 0.261 e. The lowest BCUT2D eigenvalue weighted by atomic mass is 10.1. The molecule has 0 saturated carbocycles. The number of aromatic nitrogens is 1. The number of carbonyl (C=O) groups excluding carboxylic acids is 1. The van der Waals surface area contributed by atoms with Gasteiger partial charge in [0.15, 0.2) is 11.5 Å². The third kappa shape index (κ3) is 5.82. The van der Waals surface area contributed by atoms with E-state index in [-0.39, 0.29) is 5.57 Å². The van der Waals surface area contributed by atoms with E-state index in [2.05, 4.69) is 44.4 Å². The number of nitriles is 1. The second-order valence-corrected chi connectivity index (χ2v) is 9.85. The van der Waals surface area contributed by atoms with Crippen LogP contribution in [0, 0.1) is 11.3 Å². The van der Waals surface area contributed by atoms with Crippen molar-refractivity contribution in [2.45, 2.75) is 13.0 Å². The highest BCUT2D eigenvalue weighted by molar-refractivity contribution is 9.10. The minimum Gasteiger partial charge on any atom is -0.493 e. The number of carbonyl (C=O) groups is 1. The predicted molar refractivity (Wildman–Crippen MR) is 158 cm³/mol. The molecule has 0 aliphatic heterocycles. The topological polar surface area (TPSA) is 87.1 Å². The Morgan fingerprint density at radius 3 is 2.62 bits per heavy atom. The molecule has 1 aromatic heterocycles. The Bertz CT molecular complexity index is 1730. The molecule has 5 aromatic rings. The van der Waals surface area contributed by atoms with Crippen LogP contribution in [0.1, 0.15) is 16.7 Å². The molecule has 2 N–H and O–H groups in total. The van der Waals surface area contributed by atoms with Crippen molar-refractivity contribution in [2.24, 2.45) is 0 Å². The molecular weight excluding hydrogens is 554 g/mol. The van der Waals surface area contributed by atoms with Crippen molar-refractivity contribution < 1.29 is 14.3 Å². The fraction of sp³-hybridized carbons (Fsp3) is 0.125. The van der Waals surface area contributed by atoms with Crippen molar-refractivity contribution in [2.75, 3.05) is 13.7 Å². The highest BCUT2D eigenvalue weighted by atomic mass is 79.9. The van der Waals surface area contributed by atoms with E-state index >= 15 is 0 Å². The number of halogens is 1. The number of amides is 1. The van der Waals surface area contributed by atoms with Gasteiger partial charge in [-0.15, -0.1) is 0 Å². The summed E-state index contributed by atoms with van der Waals surface area (Å²) < 4.78 is 12.4. The highest BCUT2D eigenvalue weighted by Crippen LogP contribution is 2.38. The number of H-pyrrole nitrogens is 1. The Kier molecular flexibility index (Phi) is 7.95. The van der Waals surface area contributed by atoms with Crippen LogP contribution >= 0.6 is 15.9 Å². The van der Waals surface area contributed by atoms with Gasteiger partial charge in [0.25, 0.3) is 5.91 Å². The zero-order valence-corrected chi connectivity index (χ0v) is 22.9. The van der Waals surface area contributed by atoms with Crippen LogP contribution in [0.15, 0.2) is 95.1 Å². The lowest BCUT2D eigenvalue weighted by molar-refractivity contribution is -0.117. The third-order valence-electron chi connectivity index (χ3n) is 6.53. The number of rotatable bonds is 9. The smallest absolute Gasteiger partial charge is 0.261 e. The maximum absolute atomic E-state index is 12.8. The molecule has 0 fully saturated rings. The lowest BCUT2D eigenvalue weighted by Crippen LogP contribution is -2.26. The molecule has 4 aromatic carbocycles. The Hall–Kier alpha value is -4.54. The molecule has 7 heteroatoms. The summed E-state index contributed by atoms with van der Waals surface area (Å²) in [6, 6.07) is 27.9. The molecule has 6 nitrogen and oxygen atoms in total. The molecule has 0 aliphatic carbocycles. The van der Waals surface area contributed by atoms with Crippen molar-refractivity contribution in [3.63, 3.8) is 0 Å². The monoisotopic (exact) mass is 579 g/mol. The number of hydrogen-bond donors (Lipinski definition) is 2. The van der Waals surface area contributed by atoms with Crippen molar-refractivity contribution in [3.05, 3.63) is 112 Å². The summed E-state index contributed by atoms with van der Waals surface area (Å²) in [5.41, 5.74) is 3.87. The van der Waals surface area contributed by atoms with Crippen LogP contribution in [-0.2, 0) is 17.8 Å². The molecule has 0 radical (unpaired) electrons. The van der Waals surface area contributed by atoms with Gasteiger partial charge in [-0.1, -0.05) is 60.7 Å². The first-order valence-electron chi connectivity index (χ1n) is 12.5. The molecule has 0 bridgehead atoms. The van der Waals surface area contributed by atoms with E-state index in [0.29, 0.717) is 41.1 Å². The number of hydrogen-bond acceptors (Lipinski definition) is 4. The van der Waals surface area contributed by atoms with Crippen LogP contribution in [0.2, 0.25) is 0 Å². The van der Waals surface area contributed by atoms with Gasteiger partial charge in [0.1, 0.15) is 18.2 Å². The molecule has 0 unspecified atom stereocenters. The van der Waals surface area contributed by atoms with Crippen LogP contribution in [0.25, 0.3) is 27.8 Å². The second kappa shape index (κ2) is 11.9. The van der Waals surface area contributed by atoms with Gasteiger partial charge >= 0.3 is 0 Å². The van der Waals surface area contributed by atoms with E-state index in [1.54, 1.807) is 25.3 Å². The summed E-state index contributed by atoms with van der Waals surface area (Å²) in [7, 11) is 1.56. The Morgan fingerprint density at radius 1 is 1.03 bits per heavy atom. The van der Waals surface area contributed by atoms with Gasteiger partial charge < -0.3 is 19.8 Å². The van der Waals surface area contributed by atoms with Gasteiger partial charge in [-0.05, 0) is 74.1 Å². The van der Waals surface area contributed by atoms with Crippen LogP contribution in [0.4, 0.5) is 0 Å². The fourth-order valence-corrected chi connectivity index (χ4v) is 5.17. The highest BCUT2D eigenvalue weighted by Gasteiger charge is 2.15. The first-order valence-corrected chi connectivity index (χ1v) is 13.3. The number of nitrogens with one attached hydrogen (secondary N) is 2. The normalized spacial score (nSPS) is 11.4. The zero-order valence-electron chi connectivity index (χ0n) is 21.3. The quantitative estimate of drug-likeness (QED) is 0.146. The number of aromatic amines is 1. The zero-order chi connectivity index (χ0) is 27.2. The third-order valence-corrected chi connectivity index (χ3v) is 7.12. The summed E-state index contributed by atoms with van der Waals surface area (Å²) in [6.45, 7) is 0.765. The van der Waals surface area contributed by atoms with E-state index in [4.69, 9.17) is 9.47 Å². The van der Waals surface area contributed by atoms with Gasteiger partial charge in [-0.2, -0.15) is 5.26 Å². The molecule has 1 heterocycles. The molecule has 194 valence electrons. The van der Waals surface area contributed by atoms with Crippen LogP contribution < -0.4 is 14.8 Å². The summed E-state index contributed by atoms with van der Waals surface area (Å²) in [4.78, 5) is 16.0. The largest absolute Gasteiger partial charge is 0.493 e. The number of methoxy groups -OCH3 is 1. The standard InChI is InChI=1S/C32H26BrN3O3/c1-38-30-17-21(16-28(33)31(30)39-20-24-9-6-8-22-7-2-3-10-26(22)24)15-25(18-34)32(37)35-14-13-23-19-36-29-12-5-4-11-27(23)29/h2-12,15-17,19,36H,13-14,20H2,1H3,(H,35,37). The van der Waals surface area contributed by atoms with Gasteiger partial charge in [0.05, 0.1) is 11.6 Å². The number of ether oxygens (including phenoxy) is 2. The van der Waals surface area contributed by atoms with E-state index < -0.39 is 5.91 Å². The number of fused-ring (bicyclic) bond motifs is 2. The van der Waals surface area contributed by atoms with Crippen LogP contribution in [0.3, 0.4) is 0 Å². The predicted octanol–water partition coefficient (Wildman–Crippen LogP) is 6.94. The molecular formula is C32H26BrN3O3. The minimum absolute atomic E-state index is 0.00676. The van der Waals surface area contributed by atoms with Gasteiger partial charge in [0, 0.05) is 23.6 Å². The Morgan fingerprint density at radius 2 is 1.79 bits per heavy atom. The molecule has 0 aliphatic rings. The maximum atomic E-state index is 12.8. The van der Waals surface area contributed by atoms with Crippen LogP contribution in [0.5, 0.6) is 11.5 Å². The summed E-state index contributed by atoms with van der Waals surface area (Å²) in [5, 5.41) is 15.9. The van der Waals surface area contributed by atoms with E-state index in [9.17, 15) is 10.1 Å². The summed E-state index contributed by atoms with van der Waals surface area (Å²) in [5.74, 6) is 0.612. The molecule has 5 rings (SSSR count). The SMILES string of the molecule is COc1cc(C=C(C#N)C(=O)NCCc2c[nH]c3ccccc23)cc(Br)c1OCc1cccc2ccccc12. The average molecular weight is 580 g/mol. The average Bonchev–Trinajstić information content (AvgIpc) is 3.38. The van der Waals surface area contributed by atoms with Crippen LogP contribution in [-0.4, -0.2) is 24.5 Å². The van der Waals surface area contributed by atoms with Crippen molar-refractivity contribution in [1.29, 1.82) is 5.26 Å². The van der Waals surface area contributed by atoms with E-state index in [1.807, 2.05) is 60.8 Å². The van der Waals surface area contributed by atoms with E-state index in [0.717, 1.165) is 32.8 Å². The Balaban J connectivity index is 1.28.